The second kappa shape index (κ2) is 16.1. The molecule has 0 fully saturated rings. The zero-order chi connectivity index (χ0) is 41.2. The van der Waals surface area contributed by atoms with E-state index in [1.165, 1.54) is 71.9 Å². The molecule has 2 heteroatoms. The quantitative estimate of drug-likeness (QED) is 0.141. The van der Waals surface area contributed by atoms with Gasteiger partial charge in [-0.05, 0) is 116 Å². The van der Waals surface area contributed by atoms with E-state index in [9.17, 15) is 0 Å². The van der Waals surface area contributed by atoms with Gasteiger partial charge in [-0.25, -0.2) is 0 Å². The lowest BCUT2D eigenvalue weighted by Crippen LogP contribution is -2.10. The molecule has 0 atom stereocenters. The third kappa shape index (κ3) is 6.84. The van der Waals surface area contributed by atoms with Gasteiger partial charge in [-0.1, -0.05) is 194 Å². The van der Waals surface area contributed by atoms with Crippen LogP contribution in [0.1, 0.15) is 0 Å². The normalized spacial score (nSPS) is 11.2. The fourth-order valence-electron chi connectivity index (χ4n) is 9.04. The summed E-state index contributed by atoms with van der Waals surface area (Å²) in [6, 6.07) is 92.0. The SMILES string of the molecule is c1ccc(-c2ccc(-c3ccc(N(c4ccc(-c5ccccc5)cc4)c4cccc(-c5cccc6c5c5c(-c7ccccc7)cccc5n6-c5ccccc5)c4)cc3)cc2)cc1. The van der Waals surface area contributed by atoms with Crippen LogP contribution in [0.4, 0.5) is 17.1 Å². The summed E-state index contributed by atoms with van der Waals surface area (Å²) in [5, 5.41) is 2.49. The summed E-state index contributed by atoms with van der Waals surface area (Å²) in [7, 11) is 0. The number of fused-ring (bicyclic) bond motifs is 3. The number of para-hydroxylation sites is 1. The fraction of sp³-hybridized carbons (Fsp3) is 0. The summed E-state index contributed by atoms with van der Waals surface area (Å²) >= 11 is 0. The molecular formula is C60H42N2. The highest BCUT2D eigenvalue weighted by molar-refractivity contribution is 6.20. The summed E-state index contributed by atoms with van der Waals surface area (Å²) in [4.78, 5) is 2.38. The number of benzene rings is 10. The highest BCUT2D eigenvalue weighted by atomic mass is 15.1. The number of nitrogens with zero attached hydrogens (tertiary/aromatic N) is 2. The van der Waals surface area contributed by atoms with Crippen LogP contribution in [0, 0.1) is 0 Å². The molecule has 0 aliphatic carbocycles. The van der Waals surface area contributed by atoms with Gasteiger partial charge in [0.05, 0.1) is 11.0 Å². The average Bonchev–Trinajstić information content (AvgIpc) is 3.71. The maximum atomic E-state index is 2.42. The third-order valence-electron chi connectivity index (χ3n) is 12.0. The first kappa shape index (κ1) is 36.8. The molecule has 10 aromatic carbocycles. The van der Waals surface area contributed by atoms with Crippen LogP contribution >= 0.6 is 0 Å². The van der Waals surface area contributed by atoms with Gasteiger partial charge in [-0.2, -0.15) is 0 Å². The Balaban J connectivity index is 1.05. The molecule has 0 unspecified atom stereocenters. The highest BCUT2D eigenvalue weighted by Gasteiger charge is 2.21. The molecule has 0 spiro atoms. The lowest BCUT2D eigenvalue weighted by Gasteiger charge is -2.26. The number of hydrogen-bond donors (Lipinski definition) is 0. The minimum atomic E-state index is 1.09. The van der Waals surface area contributed by atoms with E-state index in [4.69, 9.17) is 0 Å². The van der Waals surface area contributed by atoms with Gasteiger partial charge in [-0.15, -0.1) is 0 Å². The van der Waals surface area contributed by atoms with E-state index in [1.54, 1.807) is 0 Å². The van der Waals surface area contributed by atoms with Gasteiger partial charge >= 0.3 is 0 Å². The van der Waals surface area contributed by atoms with Crippen LogP contribution in [0.25, 0.3) is 83.1 Å². The molecular weight excluding hydrogens is 749 g/mol. The molecule has 11 rings (SSSR count). The van der Waals surface area contributed by atoms with Crippen LogP contribution in [0.2, 0.25) is 0 Å². The number of hydrogen-bond acceptors (Lipinski definition) is 1. The van der Waals surface area contributed by atoms with Crippen molar-refractivity contribution in [2.75, 3.05) is 4.90 Å². The average molecular weight is 791 g/mol. The van der Waals surface area contributed by atoms with E-state index in [-0.39, 0.29) is 0 Å². The van der Waals surface area contributed by atoms with Crippen LogP contribution in [0.15, 0.2) is 255 Å². The third-order valence-corrected chi connectivity index (χ3v) is 12.0. The van der Waals surface area contributed by atoms with Crippen LogP contribution in [0.3, 0.4) is 0 Å². The Hall–Kier alpha value is -8.20. The maximum Gasteiger partial charge on any atom is 0.0547 e. The van der Waals surface area contributed by atoms with Crippen molar-refractivity contribution in [1.82, 2.24) is 4.57 Å². The first-order valence-corrected chi connectivity index (χ1v) is 21.3. The predicted octanol–water partition coefficient (Wildman–Crippen LogP) is 16.6. The van der Waals surface area contributed by atoms with Gasteiger partial charge in [0.25, 0.3) is 0 Å². The molecule has 0 aliphatic rings. The van der Waals surface area contributed by atoms with Gasteiger partial charge in [0.1, 0.15) is 0 Å². The standard InChI is InChI=1S/C60H42N2/c1-5-16-43(17-6-1)45-30-32-46(33-31-45)48-36-40-53(41-37-48)61(52-38-34-47(35-39-52)44-18-7-2-8-19-44)54-25-13-22-50(42-54)56-27-15-29-58-60(56)59-55(49-20-9-3-10-21-49)26-14-28-57(59)62(58)51-23-11-4-12-24-51/h1-42H. The Morgan fingerprint density at radius 3 is 1.06 bits per heavy atom. The fourth-order valence-corrected chi connectivity index (χ4v) is 9.04. The van der Waals surface area contributed by atoms with Crippen LogP contribution in [-0.2, 0) is 0 Å². The van der Waals surface area contributed by atoms with Crippen molar-refractivity contribution in [3.63, 3.8) is 0 Å². The van der Waals surface area contributed by atoms with Crippen LogP contribution < -0.4 is 4.90 Å². The Kier molecular flexibility index (Phi) is 9.57. The topological polar surface area (TPSA) is 8.17 Å². The highest BCUT2D eigenvalue weighted by Crippen LogP contribution is 2.45. The maximum absolute atomic E-state index is 2.42. The first-order valence-electron chi connectivity index (χ1n) is 21.3. The Bertz CT molecular complexity index is 3280. The monoisotopic (exact) mass is 790 g/mol. The van der Waals surface area contributed by atoms with Crippen molar-refractivity contribution < 1.29 is 0 Å². The van der Waals surface area contributed by atoms with Crippen LogP contribution in [0.5, 0.6) is 0 Å². The van der Waals surface area contributed by atoms with Crippen LogP contribution in [-0.4, -0.2) is 4.57 Å². The van der Waals surface area contributed by atoms with E-state index in [2.05, 4.69) is 264 Å². The molecule has 11 aromatic rings. The van der Waals surface area contributed by atoms with Gasteiger partial charge in [-0.3, -0.25) is 0 Å². The van der Waals surface area contributed by atoms with Crippen molar-refractivity contribution in [2.45, 2.75) is 0 Å². The number of rotatable bonds is 9. The van der Waals surface area contributed by atoms with Crippen molar-refractivity contribution in [3.05, 3.63) is 255 Å². The van der Waals surface area contributed by atoms with Crippen molar-refractivity contribution >= 4 is 38.9 Å². The molecule has 1 aromatic heterocycles. The molecule has 62 heavy (non-hydrogen) atoms. The van der Waals surface area contributed by atoms with E-state index in [0.29, 0.717) is 0 Å². The minimum absolute atomic E-state index is 1.09. The number of anilines is 3. The number of aromatic nitrogens is 1. The second-order valence-corrected chi connectivity index (χ2v) is 15.7. The van der Waals surface area contributed by atoms with Crippen molar-refractivity contribution in [3.8, 4) is 61.3 Å². The molecule has 0 aliphatic heterocycles. The lowest BCUT2D eigenvalue weighted by molar-refractivity contribution is 1.18. The van der Waals surface area contributed by atoms with E-state index >= 15 is 0 Å². The summed E-state index contributed by atoms with van der Waals surface area (Å²) in [6.45, 7) is 0. The Morgan fingerprint density at radius 1 is 0.242 bits per heavy atom. The molecule has 0 saturated heterocycles. The second-order valence-electron chi connectivity index (χ2n) is 15.7. The smallest absolute Gasteiger partial charge is 0.0547 e. The Labute approximate surface area is 362 Å². The molecule has 0 radical (unpaired) electrons. The molecule has 0 amide bonds. The van der Waals surface area contributed by atoms with Gasteiger partial charge in [0.15, 0.2) is 0 Å². The molecule has 1 heterocycles. The van der Waals surface area contributed by atoms with E-state index in [0.717, 1.165) is 28.3 Å². The zero-order valence-corrected chi connectivity index (χ0v) is 34.1. The first-order chi connectivity index (χ1) is 30.8. The predicted molar refractivity (Wildman–Crippen MR) is 263 cm³/mol. The van der Waals surface area contributed by atoms with Gasteiger partial charge in [0.2, 0.25) is 0 Å². The summed E-state index contributed by atoms with van der Waals surface area (Å²) in [5.74, 6) is 0. The van der Waals surface area contributed by atoms with Crippen molar-refractivity contribution in [2.24, 2.45) is 0 Å². The summed E-state index contributed by atoms with van der Waals surface area (Å²) in [6.07, 6.45) is 0. The van der Waals surface area contributed by atoms with E-state index < -0.39 is 0 Å². The summed E-state index contributed by atoms with van der Waals surface area (Å²) < 4.78 is 2.42. The van der Waals surface area contributed by atoms with Gasteiger partial charge in [0, 0.05) is 33.5 Å². The molecule has 2 nitrogen and oxygen atoms in total. The van der Waals surface area contributed by atoms with Gasteiger partial charge < -0.3 is 9.47 Å². The Morgan fingerprint density at radius 2 is 0.597 bits per heavy atom. The van der Waals surface area contributed by atoms with E-state index in [1.807, 2.05) is 0 Å². The molecule has 0 N–H and O–H groups in total. The van der Waals surface area contributed by atoms with Crippen molar-refractivity contribution in [1.29, 1.82) is 0 Å². The molecule has 0 saturated carbocycles. The lowest BCUT2D eigenvalue weighted by atomic mass is 9.94. The zero-order valence-electron chi connectivity index (χ0n) is 34.1. The largest absolute Gasteiger partial charge is 0.310 e. The molecule has 292 valence electrons. The summed E-state index contributed by atoms with van der Waals surface area (Å²) in [5.41, 5.74) is 18.7. The minimum Gasteiger partial charge on any atom is -0.310 e. The molecule has 0 bridgehead atoms.